The molecule has 6 nitrogen and oxygen atoms in total. The van der Waals surface area contributed by atoms with Crippen molar-refractivity contribution in [3.8, 4) is 11.5 Å². The van der Waals surface area contributed by atoms with Gasteiger partial charge in [0.15, 0.2) is 6.61 Å². The monoisotopic (exact) mass is 372 g/mol. The van der Waals surface area contributed by atoms with Crippen LogP contribution < -0.4 is 9.47 Å². The SMILES string of the molecule is COc1ccc2c(CC(=O)OCC(=O)c3cc(F)ccc3OC)coc2c1. The largest absolute Gasteiger partial charge is 0.497 e. The third-order valence-corrected chi connectivity index (χ3v) is 4.02. The van der Waals surface area contributed by atoms with Crippen LogP contribution in [-0.4, -0.2) is 32.6 Å². The molecule has 0 saturated heterocycles. The van der Waals surface area contributed by atoms with Crippen LogP contribution in [0.4, 0.5) is 4.39 Å². The van der Waals surface area contributed by atoms with Crippen molar-refractivity contribution in [3.63, 3.8) is 0 Å². The first-order valence-electron chi connectivity index (χ1n) is 8.08. The molecule has 3 rings (SSSR count). The molecular formula is C20H17FO6. The van der Waals surface area contributed by atoms with Crippen LogP contribution in [0.2, 0.25) is 0 Å². The number of furan rings is 1. The normalized spacial score (nSPS) is 10.6. The minimum atomic E-state index is -0.600. The van der Waals surface area contributed by atoms with E-state index >= 15 is 0 Å². The lowest BCUT2D eigenvalue weighted by atomic mass is 10.1. The van der Waals surface area contributed by atoms with E-state index in [0.717, 1.165) is 11.5 Å². The van der Waals surface area contributed by atoms with Gasteiger partial charge in [0.2, 0.25) is 5.78 Å². The maximum absolute atomic E-state index is 13.4. The summed E-state index contributed by atoms with van der Waals surface area (Å²) in [4.78, 5) is 24.3. The minimum Gasteiger partial charge on any atom is -0.497 e. The number of halogens is 1. The summed E-state index contributed by atoms with van der Waals surface area (Å²) in [5.41, 5.74) is 1.23. The van der Waals surface area contributed by atoms with Gasteiger partial charge >= 0.3 is 5.97 Å². The molecule has 0 aliphatic heterocycles. The van der Waals surface area contributed by atoms with Gasteiger partial charge in [-0.05, 0) is 30.3 Å². The van der Waals surface area contributed by atoms with Crippen molar-refractivity contribution in [2.75, 3.05) is 20.8 Å². The Morgan fingerprint density at radius 1 is 1.07 bits per heavy atom. The van der Waals surface area contributed by atoms with E-state index in [2.05, 4.69) is 0 Å². The van der Waals surface area contributed by atoms with Gasteiger partial charge < -0.3 is 18.6 Å². The molecule has 0 atom stereocenters. The second-order valence-electron chi connectivity index (χ2n) is 5.73. The first kappa shape index (κ1) is 18.4. The zero-order chi connectivity index (χ0) is 19.4. The molecule has 3 aromatic rings. The molecule has 0 spiro atoms. The molecule has 0 saturated carbocycles. The van der Waals surface area contributed by atoms with Crippen molar-refractivity contribution in [3.05, 3.63) is 59.6 Å². The van der Waals surface area contributed by atoms with Crippen LogP contribution >= 0.6 is 0 Å². The van der Waals surface area contributed by atoms with Crippen molar-refractivity contribution in [2.24, 2.45) is 0 Å². The average Bonchev–Trinajstić information content (AvgIpc) is 3.07. The van der Waals surface area contributed by atoms with Crippen molar-refractivity contribution < 1.29 is 32.6 Å². The Hall–Kier alpha value is -3.35. The summed E-state index contributed by atoms with van der Waals surface area (Å²) in [5.74, 6) is -0.877. The Morgan fingerprint density at radius 2 is 1.89 bits per heavy atom. The maximum Gasteiger partial charge on any atom is 0.310 e. The van der Waals surface area contributed by atoms with E-state index in [1.807, 2.05) is 0 Å². The first-order chi connectivity index (χ1) is 13.0. The van der Waals surface area contributed by atoms with Crippen LogP contribution in [0.15, 0.2) is 47.1 Å². The highest BCUT2D eigenvalue weighted by molar-refractivity contribution is 6.00. The lowest BCUT2D eigenvalue weighted by Gasteiger charge is -2.08. The van der Waals surface area contributed by atoms with E-state index in [-0.39, 0.29) is 17.7 Å². The van der Waals surface area contributed by atoms with E-state index in [4.69, 9.17) is 18.6 Å². The van der Waals surface area contributed by atoms with E-state index in [0.29, 0.717) is 16.9 Å². The molecule has 0 fully saturated rings. The summed E-state index contributed by atoms with van der Waals surface area (Å²) in [7, 11) is 2.92. The van der Waals surface area contributed by atoms with Gasteiger partial charge in [0.25, 0.3) is 0 Å². The van der Waals surface area contributed by atoms with Crippen LogP contribution in [0.5, 0.6) is 11.5 Å². The fourth-order valence-electron chi connectivity index (χ4n) is 2.66. The standard InChI is InChI=1S/C20H17FO6/c1-24-14-4-5-15-12(10-26-19(15)9-14)7-20(23)27-11-17(22)16-8-13(21)3-6-18(16)25-2/h3-6,8-10H,7,11H2,1-2H3. The third kappa shape index (κ3) is 4.08. The molecule has 27 heavy (non-hydrogen) atoms. The van der Waals surface area contributed by atoms with Crippen LogP contribution in [0, 0.1) is 5.82 Å². The van der Waals surface area contributed by atoms with Gasteiger partial charge in [-0.1, -0.05) is 0 Å². The van der Waals surface area contributed by atoms with Gasteiger partial charge in [-0.3, -0.25) is 9.59 Å². The number of esters is 1. The zero-order valence-corrected chi connectivity index (χ0v) is 14.8. The number of fused-ring (bicyclic) bond motifs is 1. The number of hydrogen-bond acceptors (Lipinski definition) is 6. The second kappa shape index (κ2) is 7.90. The molecule has 0 aliphatic carbocycles. The number of hydrogen-bond donors (Lipinski definition) is 0. The van der Waals surface area contributed by atoms with Crippen molar-refractivity contribution >= 4 is 22.7 Å². The Bertz CT molecular complexity index is 991. The number of Topliss-reactive ketones (excluding diaryl/α,β-unsaturated/α-hetero) is 1. The van der Waals surface area contributed by atoms with Crippen LogP contribution in [-0.2, 0) is 16.0 Å². The second-order valence-corrected chi connectivity index (χ2v) is 5.73. The molecule has 0 N–H and O–H groups in total. The Morgan fingerprint density at radius 3 is 2.63 bits per heavy atom. The predicted octanol–water partition coefficient (Wildman–Crippen LogP) is 3.56. The topological polar surface area (TPSA) is 75.0 Å². The fourth-order valence-corrected chi connectivity index (χ4v) is 2.66. The number of benzene rings is 2. The number of carbonyl (C=O) groups excluding carboxylic acids is 2. The highest BCUT2D eigenvalue weighted by atomic mass is 19.1. The van der Waals surface area contributed by atoms with E-state index in [1.54, 1.807) is 25.3 Å². The molecule has 0 aliphatic rings. The molecular weight excluding hydrogens is 355 g/mol. The lowest BCUT2D eigenvalue weighted by Crippen LogP contribution is -2.16. The van der Waals surface area contributed by atoms with Crippen molar-refractivity contribution in [1.29, 1.82) is 0 Å². The van der Waals surface area contributed by atoms with Gasteiger partial charge in [-0.2, -0.15) is 0 Å². The number of methoxy groups -OCH3 is 2. The van der Waals surface area contributed by atoms with Crippen LogP contribution in [0.25, 0.3) is 11.0 Å². The highest BCUT2D eigenvalue weighted by Gasteiger charge is 2.17. The summed E-state index contributed by atoms with van der Waals surface area (Å²) < 4.78 is 34.0. The number of ether oxygens (including phenoxy) is 3. The zero-order valence-electron chi connectivity index (χ0n) is 14.8. The van der Waals surface area contributed by atoms with Gasteiger partial charge in [0.05, 0.1) is 32.5 Å². The number of rotatable bonds is 7. The molecule has 1 heterocycles. The maximum atomic E-state index is 13.4. The summed E-state index contributed by atoms with van der Waals surface area (Å²) in [6, 6.07) is 8.82. The van der Waals surface area contributed by atoms with Gasteiger partial charge in [0.1, 0.15) is 22.9 Å². The Balaban J connectivity index is 1.65. The molecule has 1 aromatic heterocycles. The highest BCUT2D eigenvalue weighted by Crippen LogP contribution is 2.26. The average molecular weight is 372 g/mol. The van der Waals surface area contributed by atoms with E-state index in [1.165, 1.54) is 25.5 Å². The van der Waals surface area contributed by atoms with Gasteiger partial charge in [0, 0.05) is 17.0 Å². The lowest BCUT2D eigenvalue weighted by molar-refractivity contribution is -0.141. The summed E-state index contributed by atoms with van der Waals surface area (Å²) in [5, 5.41) is 0.755. The van der Waals surface area contributed by atoms with E-state index in [9.17, 15) is 14.0 Å². The van der Waals surface area contributed by atoms with E-state index < -0.39 is 24.2 Å². The smallest absolute Gasteiger partial charge is 0.310 e. The summed E-state index contributed by atoms with van der Waals surface area (Å²) >= 11 is 0. The molecule has 0 unspecified atom stereocenters. The fraction of sp³-hybridized carbons (Fsp3) is 0.200. The number of ketones is 1. The summed E-state index contributed by atoms with van der Waals surface area (Å²) in [6.07, 6.45) is 1.40. The molecule has 0 amide bonds. The minimum absolute atomic E-state index is 0.0196. The third-order valence-electron chi connectivity index (χ3n) is 4.02. The van der Waals surface area contributed by atoms with Gasteiger partial charge in [-0.15, -0.1) is 0 Å². The first-order valence-corrected chi connectivity index (χ1v) is 8.08. The van der Waals surface area contributed by atoms with Crippen molar-refractivity contribution in [2.45, 2.75) is 6.42 Å². The Labute approximate surface area is 154 Å². The predicted molar refractivity (Wildman–Crippen MR) is 94.7 cm³/mol. The molecule has 140 valence electrons. The molecule has 7 heteroatoms. The Kier molecular flexibility index (Phi) is 5.40. The number of carbonyl (C=O) groups is 2. The van der Waals surface area contributed by atoms with Crippen LogP contribution in [0.1, 0.15) is 15.9 Å². The van der Waals surface area contributed by atoms with Gasteiger partial charge in [-0.25, -0.2) is 4.39 Å². The molecule has 0 bridgehead atoms. The van der Waals surface area contributed by atoms with Crippen LogP contribution in [0.3, 0.4) is 0 Å². The summed E-state index contributed by atoms with van der Waals surface area (Å²) in [6.45, 7) is -0.512. The van der Waals surface area contributed by atoms with Crippen molar-refractivity contribution in [1.82, 2.24) is 0 Å². The molecule has 2 aromatic carbocycles. The molecule has 0 radical (unpaired) electrons. The quantitative estimate of drug-likeness (QED) is 0.466.